The number of allylic oxidation sites excluding steroid dienone is 2. The smallest absolute Gasteiger partial charge is 0.355 e. The van der Waals surface area contributed by atoms with Crippen LogP contribution in [0, 0.1) is 0 Å². The molecule has 0 spiro atoms. The Bertz CT molecular complexity index is 927. The Labute approximate surface area is 158 Å². The molecule has 1 aliphatic rings. The number of methoxy groups -OCH3 is 2. The van der Waals surface area contributed by atoms with Gasteiger partial charge in [0.15, 0.2) is 0 Å². The van der Waals surface area contributed by atoms with Gasteiger partial charge >= 0.3 is 11.9 Å². The quantitative estimate of drug-likeness (QED) is 0.700. The third kappa shape index (κ3) is 4.09. The highest BCUT2D eigenvalue weighted by Gasteiger charge is 2.27. The van der Waals surface area contributed by atoms with Crippen LogP contribution in [0.3, 0.4) is 0 Å². The fourth-order valence-electron chi connectivity index (χ4n) is 2.36. The molecule has 2 rings (SSSR count). The van der Waals surface area contributed by atoms with E-state index in [1.807, 2.05) is 0 Å². The lowest BCUT2D eigenvalue weighted by atomic mass is 10.1. The average molecular weight is 392 g/mol. The van der Waals surface area contributed by atoms with E-state index < -0.39 is 22.0 Å². The lowest BCUT2D eigenvalue weighted by Crippen LogP contribution is -2.27. The number of hydrogen-bond acceptors (Lipinski definition) is 7. The van der Waals surface area contributed by atoms with Crippen molar-refractivity contribution in [2.24, 2.45) is 0 Å². The number of nitrogens with zero attached hydrogens (tertiary/aromatic N) is 2. The molecular weight excluding hydrogens is 372 g/mol. The molecule has 1 aliphatic heterocycles. The Hall–Kier alpha value is -2.91. The zero-order valence-corrected chi connectivity index (χ0v) is 16.2. The van der Waals surface area contributed by atoms with Crippen molar-refractivity contribution in [1.82, 2.24) is 4.31 Å². The highest BCUT2D eigenvalue weighted by atomic mass is 32.2. The van der Waals surface area contributed by atoms with E-state index in [-0.39, 0.29) is 16.2 Å². The van der Waals surface area contributed by atoms with Gasteiger partial charge < -0.3 is 14.4 Å². The molecule has 0 fully saturated rings. The maximum atomic E-state index is 12.3. The summed E-state index contributed by atoms with van der Waals surface area (Å²) in [5, 5.41) is 0. The molecule has 0 N–H and O–H groups in total. The van der Waals surface area contributed by atoms with Crippen LogP contribution in [-0.4, -0.2) is 53.0 Å². The minimum absolute atomic E-state index is 0.0133. The third-order valence-corrected chi connectivity index (χ3v) is 5.61. The predicted octanol–water partition coefficient (Wildman–Crippen LogP) is 1.43. The number of esters is 2. The first-order chi connectivity index (χ1) is 12.7. The molecule has 9 heteroatoms. The maximum absolute atomic E-state index is 12.3. The van der Waals surface area contributed by atoms with E-state index in [1.165, 1.54) is 63.6 Å². The molecule has 1 heterocycles. The summed E-state index contributed by atoms with van der Waals surface area (Å²) in [6, 6.07) is 5.90. The van der Waals surface area contributed by atoms with Gasteiger partial charge in [-0.15, -0.1) is 0 Å². The van der Waals surface area contributed by atoms with Crippen molar-refractivity contribution in [2.45, 2.75) is 4.90 Å². The van der Waals surface area contributed by atoms with Crippen LogP contribution in [0.5, 0.6) is 0 Å². The van der Waals surface area contributed by atoms with Crippen molar-refractivity contribution >= 4 is 27.6 Å². The summed E-state index contributed by atoms with van der Waals surface area (Å²) in [6.07, 6.45) is 6.22. The largest absolute Gasteiger partial charge is 0.465 e. The van der Waals surface area contributed by atoms with Gasteiger partial charge in [-0.3, -0.25) is 0 Å². The van der Waals surface area contributed by atoms with E-state index in [2.05, 4.69) is 0 Å². The molecule has 1 aromatic carbocycles. The molecule has 0 bridgehead atoms. The van der Waals surface area contributed by atoms with E-state index >= 15 is 0 Å². The van der Waals surface area contributed by atoms with Crippen LogP contribution < -0.4 is 4.90 Å². The van der Waals surface area contributed by atoms with Gasteiger partial charge in [0.05, 0.1) is 24.7 Å². The van der Waals surface area contributed by atoms with E-state index in [9.17, 15) is 18.0 Å². The summed E-state index contributed by atoms with van der Waals surface area (Å²) in [7, 11) is 1.70. The van der Waals surface area contributed by atoms with Gasteiger partial charge in [-0.25, -0.2) is 22.3 Å². The Morgan fingerprint density at radius 2 is 1.56 bits per heavy atom. The standard InChI is InChI=1S/C18H20N2O6S/c1-19(2)27(23,24)14-10-8-13(9-11-14)20-12-6-5-7-15(17(21)25-3)16(20)18(22)26-4/h5-12H,1-4H3. The van der Waals surface area contributed by atoms with Crippen LogP contribution in [0.15, 0.2) is 64.9 Å². The second kappa shape index (κ2) is 8.19. The highest BCUT2D eigenvalue weighted by molar-refractivity contribution is 7.89. The Balaban J connectivity index is 2.58. The van der Waals surface area contributed by atoms with Crippen LogP contribution in [0.2, 0.25) is 0 Å². The Kier molecular flexibility index (Phi) is 6.19. The van der Waals surface area contributed by atoms with Gasteiger partial charge in [-0.2, -0.15) is 0 Å². The van der Waals surface area contributed by atoms with Gasteiger partial charge in [0.25, 0.3) is 0 Å². The fraction of sp³-hybridized carbons (Fsp3) is 0.222. The number of hydrogen-bond donors (Lipinski definition) is 0. The topological polar surface area (TPSA) is 93.2 Å². The molecule has 0 unspecified atom stereocenters. The molecule has 0 aromatic heterocycles. The van der Waals surface area contributed by atoms with E-state index in [1.54, 1.807) is 18.4 Å². The lowest BCUT2D eigenvalue weighted by molar-refractivity contribution is -0.139. The van der Waals surface area contributed by atoms with Crippen molar-refractivity contribution in [3.63, 3.8) is 0 Å². The molecule has 0 radical (unpaired) electrons. The zero-order valence-electron chi connectivity index (χ0n) is 15.4. The second-order valence-electron chi connectivity index (χ2n) is 5.60. The third-order valence-electron chi connectivity index (χ3n) is 3.78. The van der Waals surface area contributed by atoms with Crippen LogP contribution in [-0.2, 0) is 29.1 Å². The zero-order chi connectivity index (χ0) is 20.2. The van der Waals surface area contributed by atoms with Crippen molar-refractivity contribution in [2.75, 3.05) is 33.2 Å². The fourth-order valence-corrected chi connectivity index (χ4v) is 3.26. The van der Waals surface area contributed by atoms with Gasteiger partial charge in [-0.05, 0) is 36.4 Å². The second-order valence-corrected chi connectivity index (χ2v) is 7.75. The summed E-state index contributed by atoms with van der Waals surface area (Å²) in [5.74, 6) is -1.44. The van der Waals surface area contributed by atoms with E-state index in [0.717, 1.165) is 4.31 Å². The molecule has 0 aliphatic carbocycles. The minimum atomic E-state index is -3.59. The van der Waals surface area contributed by atoms with Crippen molar-refractivity contribution in [3.05, 3.63) is 60.0 Å². The van der Waals surface area contributed by atoms with E-state index in [0.29, 0.717) is 5.69 Å². The highest BCUT2D eigenvalue weighted by Crippen LogP contribution is 2.27. The minimum Gasteiger partial charge on any atom is -0.465 e. The first-order valence-electron chi connectivity index (χ1n) is 7.81. The molecule has 0 saturated carbocycles. The van der Waals surface area contributed by atoms with E-state index in [4.69, 9.17) is 9.47 Å². The monoisotopic (exact) mass is 392 g/mol. The number of sulfonamides is 1. The van der Waals surface area contributed by atoms with Crippen LogP contribution in [0.1, 0.15) is 0 Å². The number of benzene rings is 1. The van der Waals surface area contributed by atoms with Crippen LogP contribution in [0.4, 0.5) is 5.69 Å². The molecule has 0 atom stereocenters. The first-order valence-corrected chi connectivity index (χ1v) is 9.25. The van der Waals surface area contributed by atoms with Crippen molar-refractivity contribution < 1.29 is 27.5 Å². The number of ether oxygens (including phenoxy) is 2. The van der Waals surface area contributed by atoms with Crippen molar-refractivity contribution in [1.29, 1.82) is 0 Å². The normalized spacial score (nSPS) is 14.3. The van der Waals surface area contributed by atoms with Gasteiger partial charge in [0.1, 0.15) is 5.70 Å². The summed E-state index contributed by atoms with van der Waals surface area (Å²) in [4.78, 5) is 26.0. The predicted molar refractivity (Wildman–Crippen MR) is 99.1 cm³/mol. The lowest BCUT2D eigenvalue weighted by Gasteiger charge is -2.23. The molecule has 144 valence electrons. The SMILES string of the molecule is COC(=O)C1=C(C(=O)OC)N(c2ccc(S(=O)(=O)N(C)C)cc2)C=CC=C1. The molecule has 0 saturated heterocycles. The van der Waals surface area contributed by atoms with Crippen LogP contribution >= 0.6 is 0 Å². The molecule has 1 aromatic rings. The van der Waals surface area contributed by atoms with Crippen molar-refractivity contribution in [3.8, 4) is 0 Å². The number of carbonyl (C=O) groups is 2. The number of rotatable bonds is 5. The Morgan fingerprint density at radius 1 is 0.963 bits per heavy atom. The first kappa shape index (κ1) is 20.4. The number of carbonyl (C=O) groups excluding carboxylic acids is 2. The number of anilines is 1. The van der Waals surface area contributed by atoms with Gasteiger partial charge in [-0.1, -0.05) is 6.08 Å². The molecule has 8 nitrogen and oxygen atoms in total. The molecule has 0 amide bonds. The van der Waals surface area contributed by atoms with Crippen LogP contribution in [0.25, 0.3) is 0 Å². The molecular formula is C18H20N2O6S. The Morgan fingerprint density at radius 3 is 2.07 bits per heavy atom. The summed E-state index contributed by atoms with van der Waals surface area (Å²) in [6.45, 7) is 0. The average Bonchev–Trinajstić information content (AvgIpc) is 2.89. The molecule has 27 heavy (non-hydrogen) atoms. The van der Waals surface area contributed by atoms with Gasteiger partial charge in [0.2, 0.25) is 10.0 Å². The summed E-state index contributed by atoms with van der Waals surface area (Å²) < 4.78 is 35.1. The summed E-state index contributed by atoms with van der Waals surface area (Å²) >= 11 is 0. The summed E-state index contributed by atoms with van der Waals surface area (Å²) in [5.41, 5.74) is 0.436. The maximum Gasteiger partial charge on any atom is 0.355 e. The van der Waals surface area contributed by atoms with Gasteiger partial charge in [0, 0.05) is 26.0 Å².